The molecule has 1 aromatic heterocycles. The third-order valence-electron chi connectivity index (χ3n) is 3.66. The maximum Gasteiger partial charge on any atom is 0.227 e. The summed E-state index contributed by atoms with van der Waals surface area (Å²) in [5.74, 6) is 1.93. The fraction of sp³-hybridized carbons (Fsp3) is 0.571. The summed E-state index contributed by atoms with van der Waals surface area (Å²) in [5, 5.41) is 5.96. The number of aromatic nitrogens is 1. The van der Waals surface area contributed by atoms with Crippen LogP contribution in [-0.2, 0) is 4.79 Å². The molecule has 1 unspecified atom stereocenters. The Balaban J connectivity index is 2.12. The largest absolute Gasteiger partial charge is 0.370 e. The molecule has 1 atom stereocenters. The van der Waals surface area contributed by atoms with Gasteiger partial charge < -0.3 is 15.5 Å². The van der Waals surface area contributed by atoms with Crippen molar-refractivity contribution in [3.8, 4) is 0 Å². The first-order valence-corrected chi connectivity index (χ1v) is 6.77. The van der Waals surface area contributed by atoms with Crippen molar-refractivity contribution in [1.82, 2.24) is 10.3 Å². The number of hydrogen-bond acceptors (Lipinski definition) is 4. The van der Waals surface area contributed by atoms with Gasteiger partial charge in [-0.25, -0.2) is 4.98 Å². The molecule has 2 heterocycles. The second kappa shape index (κ2) is 5.47. The van der Waals surface area contributed by atoms with E-state index >= 15 is 0 Å². The Kier molecular flexibility index (Phi) is 3.93. The van der Waals surface area contributed by atoms with Gasteiger partial charge in [0.15, 0.2) is 0 Å². The van der Waals surface area contributed by atoms with E-state index in [0.717, 1.165) is 37.7 Å². The standard InChI is InChI=1S/C14H22N4O/c1-4-16-11-6-5-7-12(17-11)18-9-8-14(2,10-18)13(19)15-3/h5-7H,4,8-10H2,1-3H3,(H,15,19)(H,16,17). The Bertz CT molecular complexity index is 463. The van der Waals surface area contributed by atoms with Crippen molar-refractivity contribution in [1.29, 1.82) is 0 Å². The average molecular weight is 262 g/mol. The highest BCUT2D eigenvalue weighted by Gasteiger charge is 2.40. The fourth-order valence-corrected chi connectivity index (χ4v) is 2.52. The summed E-state index contributed by atoms with van der Waals surface area (Å²) in [6, 6.07) is 5.95. The van der Waals surface area contributed by atoms with Gasteiger partial charge in [0.2, 0.25) is 5.91 Å². The molecular weight excluding hydrogens is 240 g/mol. The van der Waals surface area contributed by atoms with E-state index in [1.165, 1.54) is 0 Å². The fourth-order valence-electron chi connectivity index (χ4n) is 2.52. The van der Waals surface area contributed by atoms with Gasteiger partial charge in [0.25, 0.3) is 0 Å². The van der Waals surface area contributed by atoms with E-state index in [4.69, 9.17) is 0 Å². The van der Waals surface area contributed by atoms with Gasteiger partial charge in [-0.3, -0.25) is 4.79 Å². The molecule has 0 aliphatic carbocycles. The lowest BCUT2D eigenvalue weighted by Crippen LogP contribution is -2.39. The number of pyridine rings is 1. The Morgan fingerprint density at radius 1 is 1.53 bits per heavy atom. The molecule has 1 amide bonds. The summed E-state index contributed by atoms with van der Waals surface area (Å²) in [6.45, 7) is 6.50. The molecule has 0 saturated carbocycles. The minimum atomic E-state index is -0.315. The van der Waals surface area contributed by atoms with Crippen LogP contribution in [0.5, 0.6) is 0 Å². The smallest absolute Gasteiger partial charge is 0.227 e. The predicted molar refractivity (Wildman–Crippen MR) is 77.4 cm³/mol. The lowest BCUT2D eigenvalue weighted by atomic mass is 9.89. The Morgan fingerprint density at radius 2 is 2.32 bits per heavy atom. The van der Waals surface area contributed by atoms with E-state index in [1.807, 2.05) is 32.0 Å². The number of rotatable bonds is 4. The maximum absolute atomic E-state index is 11.9. The minimum Gasteiger partial charge on any atom is -0.370 e. The topological polar surface area (TPSA) is 57.3 Å². The number of anilines is 2. The van der Waals surface area contributed by atoms with E-state index in [2.05, 4.69) is 20.5 Å². The van der Waals surface area contributed by atoms with Crippen LogP contribution >= 0.6 is 0 Å². The van der Waals surface area contributed by atoms with Gasteiger partial charge in [0, 0.05) is 26.7 Å². The predicted octanol–water partition coefficient (Wildman–Crippen LogP) is 1.48. The number of amides is 1. The number of nitrogens with zero attached hydrogens (tertiary/aromatic N) is 2. The summed E-state index contributed by atoms with van der Waals surface area (Å²) >= 11 is 0. The lowest BCUT2D eigenvalue weighted by molar-refractivity contribution is -0.128. The maximum atomic E-state index is 11.9. The summed E-state index contributed by atoms with van der Waals surface area (Å²) < 4.78 is 0. The highest BCUT2D eigenvalue weighted by atomic mass is 16.2. The molecule has 1 fully saturated rings. The van der Waals surface area contributed by atoms with Crippen LogP contribution < -0.4 is 15.5 Å². The number of carbonyl (C=O) groups excluding carboxylic acids is 1. The van der Waals surface area contributed by atoms with Crippen LogP contribution in [0.25, 0.3) is 0 Å². The molecule has 5 nitrogen and oxygen atoms in total. The van der Waals surface area contributed by atoms with Crippen LogP contribution in [0.1, 0.15) is 20.3 Å². The van der Waals surface area contributed by atoms with Gasteiger partial charge >= 0.3 is 0 Å². The zero-order valence-electron chi connectivity index (χ0n) is 11.9. The van der Waals surface area contributed by atoms with Gasteiger partial charge in [0.05, 0.1) is 5.41 Å². The number of hydrogen-bond donors (Lipinski definition) is 2. The SMILES string of the molecule is CCNc1cccc(N2CCC(C)(C(=O)NC)C2)n1. The van der Waals surface area contributed by atoms with Crippen molar-refractivity contribution in [2.24, 2.45) is 5.41 Å². The molecule has 1 saturated heterocycles. The molecule has 0 radical (unpaired) electrons. The van der Waals surface area contributed by atoms with E-state index in [9.17, 15) is 4.79 Å². The Hall–Kier alpha value is -1.78. The first-order chi connectivity index (χ1) is 9.09. The number of nitrogens with one attached hydrogen (secondary N) is 2. The quantitative estimate of drug-likeness (QED) is 0.863. The van der Waals surface area contributed by atoms with Crippen LogP contribution in [0, 0.1) is 5.41 Å². The highest BCUT2D eigenvalue weighted by Crippen LogP contribution is 2.32. The molecule has 19 heavy (non-hydrogen) atoms. The molecule has 2 N–H and O–H groups in total. The third-order valence-corrected chi connectivity index (χ3v) is 3.66. The molecule has 2 rings (SSSR count). The first-order valence-electron chi connectivity index (χ1n) is 6.77. The zero-order valence-corrected chi connectivity index (χ0v) is 11.9. The van der Waals surface area contributed by atoms with E-state index in [-0.39, 0.29) is 11.3 Å². The van der Waals surface area contributed by atoms with Gasteiger partial charge in [-0.1, -0.05) is 6.07 Å². The van der Waals surface area contributed by atoms with Crippen molar-refractivity contribution < 1.29 is 4.79 Å². The van der Waals surface area contributed by atoms with Gasteiger partial charge in [0.1, 0.15) is 11.6 Å². The summed E-state index contributed by atoms with van der Waals surface area (Å²) in [6.07, 6.45) is 0.861. The molecule has 5 heteroatoms. The lowest BCUT2D eigenvalue weighted by Gasteiger charge is -2.23. The summed E-state index contributed by atoms with van der Waals surface area (Å²) in [4.78, 5) is 18.7. The summed E-state index contributed by atoms with van der Waals surface area (Å²) in [5.41, 5.74) is -0.315. The van der Waals surface area contributed by atoms with Crippen molar-refractivity contribution in [3.05, 3.63) is 18.2 Å². The van der Waals surface area contributed by atoms with Crippen LogP contribution in [-0.4, -0.2) is 37.6 Å². The van der Waals surface area contributed by atoms with Crippen molar-refractivity contribution in [2.75, 3.05) is 36.9 Å². The van der Waals surface area contributed by atoms with Crippen molar-refractivity contribution in [3.63, 3.8) is 0 Å². The molecule has 0 aromatic carbocycles. The second-order valence-corrected chi connectivity index (χ2v) is 5.22. The molecule has 1 aromatic rings. The molecular formula is C14H22N4O. The van der Waals surface area contributed by atoms with Crippen LogP contribution in [0.3, 0.4) is 0 Å². The molecule has 0 spiro atoms. The van der Waals surface area contributed by atoms with E-state index < -0.39 is 0 Å². The first kappa shape index (κ1) is 13.6. The third kappa shape index (κ3) is 2.80. The van der Waals surface area contributed by atoms with E-state index in [0.29, 0.717) is 0 Å². The Labute approximate surface area is 114 Å². The number of carbonyl (C=O) groups is 1. The van der Waals surface area contributed by atoms with E-state index in [1.54, 1.807) is 7.05 Å². The van der Waals surface area contributed by atoms with Gasteiger partial charge in [-0.15, -0.1) is 0 Å². The van der Waals surface area contributed by atoms with Crippen molar-refractivity contribution in [2.45, 2.75) is 20.3 Å². The van der Waals surface area contributed by atoms with Crippen LogP contribution in [0.15, 0.2) is 18.2 Å². The monoisotopic (exact) mass is 262 g/mol. The molecule has 0 bridgehead atoms. The summed E-state index contributed by atoms with van der Waals surface area (Å²) in [7, 11) is 1.69. The van der Waals surface area contributed by atoms with Gasteiger partial charge in [-0.2, -0.15) is 0 Å². The highest BCUT2D eigenvalue weighted by molar-refractivity contribution is 5.83. The van der Waals surface area contributed by atoms with Crippen molar-refractivity contribution >= 4 is 17.5 Å². The zero-order chi connectivity index (χ0) is 13.9. The molecule has 1 aliphatic rings. The normalized spacial score (nSPS) is 22.4. The average Bonchev–Trinajstić information content (AvgIpc) is 2.82. The molecule has 104 valence electrons. The Morgan fingerprint density at radius 3 is 3.00 bits per heavy atom. The van der Waals surface area contributed by atoms with Crippen LogP contribution in [0.4, 0.5) is 11.6 Å². The van der Waals surface area contributed by atoms with Gasteiger partial charge in [-0.05, 0) is 32.4 Å². The van der Waals surface area contributed by atoms with Crippen LogP contribution in [0.2, 0.25) is 0 Å². The molecule has 1 aliphatic heterocycles. The minimum absolute atomic E-state index is 0.109. The second-order valence-electron chi connectivity index (χ2n) is 5.22.